The lowest BCUT2D eigenvalue weighted by molar-refractivity contribution is -0.873. The molecule has 1 aromatic rings. The number of esters is 1. The van der Waals surface area contributed by atoms with E-state index in [1.807, 2.05) is 21.1 Å². The zero-order valence-electron chi connectivity index (χ0n) is 26.7. The van der Waals surface area contributed by atoms with E-state index in [9.17, 15) is 38.7 Å². The van der Waals surface area contributed by atoms with E-state index < -0.39 is 82.4 Å². The first kappa shape index (κ1) is 34.7. The molecule has 0 saturated carbocycles. The Morgan fingerprint density at radius 1 is 1.07 bits per heavy atom. The molecule has 0 aliphatic carbocycles. The number of carboxylic acid groups (broad SMARTS) is 1. The van der Waals surface area contributed by atoms with Crippen molar-refractivity contribution in [2.45, 2.75) is 61.5 Å². The van der Waals surface area contributed by atoms with Crippen molar-refractivity contribution in [2.75, 3.05) is 47.3 Å². The molecule has 46 heavy (non-hydrogen) atoms. The van der Waals surface area contributed by atoms with Gasteiger partial charge in [-0.3, -0.25) is 28.9 Å². The summed E-state index contributed by atoms with van der Waals surface area (Å²) in [5.41, 5.74) is 0.380. The smallest absolute Gasteiger partial charge is 0.330 e. The first-order valence-corrected chi connectivity index (χ1v) is 15.8. The fourth-order valence-electron chi connectivity index (χ4n) is 5.86. The number of fused-ring (bicyclic) bond motifs is 1. The Hall–Kier alpha value is -4.18. The summed E-state index contributed by atoms with van der Waals surface area (Å²) >= 11 is 1.30. The van der Waals surface area contributed by atoms with Gasteiger partial charge in [0.05, 0.1) is 27.6 Å². The summed E-state index contributed by atoms with van der Waals surface area (Å²) in [6.45, 7) is 5.93. The van der Waals surface area contributed by atoms with E-state index in [2.05, 4.69) is 10.6 Å². The molecule has 16 heteroatoms. The Kier molecular flexibility index (Phi) is 10.0. The number of β-lactam (4-membered cyclic amide) rings is 1. The van der Waals surface area contributed by atoms with Gasteiger partial charge >= 0.3 is 29.8 Å². The maximum absolute atomic E-state index is 13.7. The number of amides is 6. The monoisotopic (exact) mass is 661 g/mol. The molecule has 0 aromatic heterocycles. The number of quaternary nitrogens is 1. The van der Waals surface area contributed by atoms with Gasteiger partial charge in [0, 0.05) is 24.4 Å². The van der Waals surface area contributed by atoms with Crippen LogP contribution in [0.2, 0.25) is 0 Å². The van der Waals surface area contributed by atoms with E-state index in [1.165, 1.54) is 21.6 Å². The number of carbonyl (C=O) groups is 7. The predicted molar refractivity (Wildman–Crippen MR) is 165 cm³/mol. The highest BCUT2D eigenvalue weighted by Gasteiger charge is 2.65. The predicted octanol–water partition coefficient (Wildman–Crippen LogP) is -0.232. The summed E-state index contributed by atoms with van der Waals surface area (Å²) in [7, 11) is 5.53. The van der Waals surface area contributed by atoms with Crippen LogP contribution in [-0.4, -0.2) is 142 Å². The molecule has 1 aromatic carbocycles. The van der Waals surface area contributed by atoms with Crippen molar-refractivity contribution in [3.05, 3.63) is 35.9 Å². The van der Waals surface area contributed by atoms with Crippen molar-refractivity contribution < 1.29 is 47.9 Å². The fourth-order valence-corrected chi connectivity index (χ4v) is 7.48. The molecule has 0 radical (unpaired) electrons. The molecule has 3 heterocycles. The quantitative estimate of drug-likeness (QED) is 0.124. The fraction of sp³-hybridized carbons (Fsp3) is 0.567. The van der Waals surface area contributed by atoms with Gasteiger partial charge in [0.1, 0.15) is 30.0 Å². The summed E-state index contributed by atoms with van der Waals surface area (Å²) in [5, 5.41) is 14.0. The third-order valence-electron chi connectivity index (χ3n) is 8.00. The van der Waals surface area contributed by atoms with Crippen LogP contribution >= 0.6 is 11.8 Å². The molecule has 250 valence electrons. The number of imide groups is 1. The van der Waals surface area contributed by atoms with Crippen LogP contribution in [0.25, 0.3) is 0 Å². The lowest BCUT2D eigenvalue weighted by atomic mass is 9.95. The van der Waals surface area contributed by atoms with Crippen molar-refractivity contribution in [3.63, 3.8) is 0 Å². The van der Waals surface area contributed by atoms with Crippen molar-refractivity contribution >= 4 is 53.4 Å². The minimum absolute atomic E-state index is 0.0448. The van der Waals surface area contributed by atoms with Crippen LogP contribution in [0.3, 0.4) is 0 Å². The second kappa shape index (κ2) is 13.3. The number of carboxylic acids is 1. The molecule has 3 fully saturated rings. The Bertz CT molecular complexity index is 1410. The first-order valence-electron chi connectivity index (χ1n) is 14.9. The Labute approximate surface area is 271 Å². The van der Waals surface area contributed by atoms with E-state index in [4.69, 9.17) is 4.74 Å². The first-order chi connectivity index (χ1) is 21.4. The van der Waals surface area contributed by atoms with Gasteiger partial charge in [-0.15, -0.1) is 11.8 Å². The second-order valence-electron chi connectivity index (χ2n) is 13.0. The molecule has 3 N–H and O–H groups in total. The van der Waals surface area contributed by atoms with Gasteiger partial charge in [0.25, 0.3) is 0 Å². The molecular weight excluding hydrogens is 620 g/mol. The molecule has 3 saturated heterocycles. The molecule has 0 spiro atoms. The number of hydrogen-bond donors (Lipinski definition) is 3. The molecule has 0 bridgehead atoms. The van der Waals surface area contributed by atoms with E-state index in [0.29, 0.717) is 16.6 Å². The Balaban J connectivity index is 1.48. The van der Waals surface area contributed by atoms with E-state index in [-0.39, 0.29) is 19.6 Å². The minimum Gasteiger partial charge on any atom is -0.481 e. The van der Waals surface area contributed by atoms with E-state index >= 15 is 0 Å². The summed E-state index contributed by atoms with van der Waals surface area (Å²) in [6, 6.07) is 3.95. The number of hydrogen-bond acceptors (Lipinski definition) is 9. The number of likely N-dealkylation sites (N-methyl/N-ethyl adjacent to an activating group) is 2. The topological polar surface area (TPSA) is 183 Å². The zero-order chi connectivity index (χ0) is 34.1. The molecule has 1 unspecified atom stereocenters. The number of ether oxygens (including phenoxy) is 1. The number of benzene rings is 1. The highest BCUT2D eigenvalue weighted by molar-refractivity contribution is 8.01. The van der Waals surface area contributed by atoms with E-state index in [1.54, 1.807) is 51.1 Å². The summed E-state index contributed by atoms with van der Waals surface area (Å²) in [4.78, 5) is 93.6. The number of aliphatic carboxylic acids is 1. The third-order valence-corrected chi connectivity index (χ3v) is 9.57. The van der Waals surface area contributed by atoms with Gasteiger partial charge in [0.15, 0.2) is 6.10 Å². The Morgan fingerprint density at radius 2 is 1.72 bits per heavy atom. The number of piperazine rings is 1. The number of thioether (sulfide) groups is 1. The van der Waals surface area contributed by atoms with Crippen LogP contribution in [0.15, 0.2) is 30.3 Å². The van der Waals surface area contributed by atoms with Crippen LogP contribution in [-0.2, 0) is 33.5 Å². The zero-order valence-corrected chi connectivity index (χ0v) is 27.5. The SMILES string of the molecule is CCN1CCN(C(=O)N[C@@H](C(=O)N[C@@H]2C(=O)N3[C@@H]2SC(C)(C)[C@@H]3C(=O)OC(CC(=O)O)C[N+](C)(C)C)c2ccccc2)C(=O)C1=O. The van der Waals surface area contributed by atoms with Gasteiger partial charge in [-0.2, -0.15) is 0 Å². The molecule has 15 nitrogen and oxygen atoms in total. The lowest BCUT2D eigenvalue weighted by Gasteiger charge is -2.44. The maximum Gasteiger partial charge on any atom is 0.330 e. The van der Waals surface area contributed by atoms with Gasteiger partial charge < -0.3 is 34.8 Å². The maximum atomic E-state index is 13.7. The minimum atomic E-state index is -1.31. The normalized spacial score (nSPS) is 23.7. The average Bonchev–Trinajstić information content (AvgIpc) is 3.22. The van der Waals surface area contributed by atoms with Crippen LogP contribution in [0.1, 0.15) is 38.8 Å². The number of carbonyl (C=O) groups excluding carboxylic acids is 6. The van der Waals surface area contributed by atoms with Crippen molar-refractivity contribution in [2.24, 2.45) is 0 Å². The van der Waals surface area contributed by atoms with Gasteiger partial charge in [-0.05, 0) is 26.3 Å². The summed E-state index contributed by atoms with van der Waals surface area (Å²) in [6.07, 6.45) is -1.31. The summed E-state index contributed by atoms with van der Waals surface area (Å²) in [5.74, 6) is -4.92. The van der Waals surface area contributed by atoms with Crippen LogP contribution < -0.4 is 10.6 Å². The third kappa shape index (κ3) is 7.28. The molecule has 6 amide bonds. The highest BCUT2D eigenvalue weighted by atomic mass is 32.2. The molecule has 3 aliphatic rings. The number of nitrogens with zero attached hydrogens (tertiary/aromatic N) is 4. The Morgan fingerprint density at radius 3 is 2.30 bits per heavy atom. The van der Waals surface area contributed by atoms with Crippen molar-refractivity contribution in [1.82, 2.24) is 25.3 Å². The van der Waals surface area contributed by atoms with Gasteiger partial charge in [0.2, 0.25) is 11.8 Å². The number of nitrogens with one attached hydrogen (secondary N) is 2. The van der Waals surface area contributed by atoms with Crippen LogP contribution in [0.4, 0.5) is 4.79 Å². The van der Waals surface area contributed by atoms with Crippen LogP contribution in [0.5, 0.6) is 0 Å². The largest absolute Gasteiger partial charge is 0.481 e. The van der Waals surface area contributed by atoms with Crippen molar-refractivity contribution in [1.29, 1.82) is 0 Å². The molecule has 4 rings (SSSR count). The number of urea groups is 1. The molecular formula is C30H41N6O9S+. The van der Waals surface area contributed by atoms with Gasteiger partial charge in [-0.25, -0.2) is 9.59 Å². The average molecular weight is 662 g/mol. The number of rotatable bonds is 11. The lowest BCUT2D eigenvalue weighted by Crippen LogP contribution is -2.71. The van der Waals surface area contributed by atoms with Gasteiger partial charge in [-0.1, -0.05) is 30.3 Å². The summed E-state index contributed by atoms with van der Waals surface area (Å²) < 4.78 is 5.19. The van der Waals surface area contributed by atoms with E-state index in [0.717, 1.165) is 4.90 Å². The molecule has 3 aliphatic heterocycles. The standard InChI is InChI=1S/C30H40N6O9S/c1-7-33-13-14-34(26(42)25(33)41)29(44)32-20(17-11-9-8-10-12-17)23(39)31-21-24(40)35-22(30(2,3)46-27(21)35)28(43)45-18(15-19(37)38)16-36(4,5)6/h8-12,18,20-22,27H,7,13-16H2,1-6H3,(H2-,31,32,37,38,39,44)/p+1/t18?,20-,21-,22+,27-/m1/s1. The highest BCUT2D eigenvalue weighted by Crippen LogP contribution is 2.51. The van der Waals surface area contributed by atoms with Crippen molar-refractivity contribution in [3.8, 4) is 0 Å². The second-order valence-corrected chi connectivity index (χ2v) is 14.8. The van der Waals surface area contributed by atoms with Crippen LogP contribution in [0, 0.1) is 0 Å². The molecule has 5 atom stereocenters.